The smallest absolute Gasteiger partial charge is 0.319 e. The molecule has 0 saturated carbocycles. The standard InChI is InChI=1S/C13H19N3O4/c1-3-4-5-8-14-13(17)15-11-9-10(16(18)19)6-7-12(11)20-2/h6-7,9H,3-5,8H2,1-2H3,(H2,14,15,17). The summed E-state index contributed by atoms with van der Waals surface area (Å²) in [5.41, 5.74) is 0.168. The third kappa shape index (κ3) is 4.75. The summed E-state index contributed by atoms with van der Waals surface area (Å²) < 4.78 is 5.06. The van der Waals surface area contributed by atoms with E-state index in [0.717, 1.165) is 19.3 Å². The van der Waals surface area contributed by atoms with Crippen LogP contribution in [0.25, 0.3) is 0 Å². The number of hydrogen-bond donors (Lipinski definition) is 2. The molecule has 20 heavy (non-hydrogen) atoms. The fraction of sp³-hybridized carbons (Fsp3) is 0.462. The van der Waals surface area contributed by atoms with Crippen LogP contribution in [0.15, 0.2) is 18.2 Å². The van der Waals surface area contributed by atoms with Gasteiger partial charge in [-0.05, 0) is 12.5 Å². The largest absolute Gasteiger partial charge is 0.495 e. The van der Waals surface area contributed by atoms with Crippen molar-refractivity contribution < 1.29 is 14.5 Å². The van der Waals surface area contributed by atoms with Crippen LogP contribution in [0.4, 0.5) is 16.2 Å². The molecule has 0 atom stereocenters. The molecule has 0 radical (unpaired) electrons. The Hall–Kier alpha value is -2.31. The van der Waals surface area contributed by atoms with E-state index in [1.54, 1.807) is 0 Å². The summed E-state index contributed by atoms with van der Waals surface area (Å²) in [4.78, 5) is 21.9. The van der Waals surface area contributed by atoms with Crippen molar-refractivity contribution in [1.82, 2.24) is 5.32 Å². The summed E-state index contributed by atoms with van der Waals surface area (Å²) in [6.07, 6.45) is 3.01. The number of ether oxygens (including phenoxy) is 1. The van der Waals surface area contributed by atoms with Gasteiger partial charge in [0, 0.05) is 18.7 Å². The van der Waals surface area contributed by atoms with Crippen LogP contribution in [0.3, 0.4) is 0 Å². The first-order chi connectivity index (χ1) is 9.58. The summed E-state index contributed by atoms with van der Waals surface area (Å²) in [7, 11) is 1.44. The van der Waals surface area contributed by atoms with Gasteiger partial charge in [-0.3, -0.25) is 10.1 Å². The maximum absolute atomic E-state index is 11.7. The molecule has 2 amide bonds. The molecule has 0 aromatic heterocycles. The fourth-order valence-electron chi connectivity index (χ4n) is 1.65. The number of nitrogens with one attached hydrogen (secondary N) is 2. The Morgan fingerprint density at radius 1 is 1.40 bits per heavy atom. The number of anilines is 1. The van der Waals surface area contributed by atoms with Crippen molar-refractivity contribution in [2.45, 2.75) is 26.2 Å². The molecular formula is C13H19N3O4. The number of urea groups is 1. The van der Waals surface area contributed by atoms with Crippen LogP contribution in [0, 0.1) is 10.1 Å². The van der Waals surface area contributed by atoms with Gasteiger partial charge in [-0.2, -0.15) is 0 Å². The molecule has 7 nitrogen and oxygen atoms in total. The minimum Gasteiger partial charge on any atom is -0.495 e. The molecule has 1 rings (SSSR count). The molecule has 0 fully saturated rings. The molecule has 110 valence electrons. The number of non-ortho nitro benzene ring substituents is 1. The molecule has 1 aromatic rings. The highest BCUT2D eigenvalue weighted by atomic mass is 16.6. The average molecular weight is 281 g/mol. The highest BCUT2D eigenvalue weighted by Crippen LogP contribution is 2.28. The molecular weight excluding hydrogens is 262 g/mol. The first-order valence-corrected chi connectivity index (χ1v) is 6.45. The SMILES string of the molecule is CCCCCNC(=O)Nc1cc([N+](=O)[O-])ccc1OC. The average Bonchev–Trinajstić information content (AvgIpc) is 2.43. The van der Waals surface area contributed by atoms with Crippen LogP contribution in [-0.4, -0.2) is 24.6 Å². The summed E-state index contributed by atoms with van der Waals surface area (Å²) in [5.74, 6) is 0.374. The van der Waals surface area contributed by atoms with Crippen LogP contribution >= 0.6 is 0 Å². The Morgan fingerprint density at radius 3 is 2.75 bits per heavy atom. The fourth-order valence-corrected chi connectivity index (χ4v) is 1.65. The highest BCUT2D eigenvalue weighted by molar-refractivity contribution is 5.91. The zero-order valence-electron chi connectivity index (χ0n) is 11.6. The number of nitro groups is 1. The predicted molar refractivity (Wildman–Crippen MR) is 76.2 cm³/mol. The Balaban J connectivity index is 2.67. The van der Waals surface area contributed by atoms with Crippen LogP contribution in [-0.2, 0) is 0 Å². The van der Waals surface area contributed by atoms with Gasteiger partial charge in [0.2, 0.25) is 0 Å². The monoisotopic (exact) mass is 281 g/mol. The predicted octanol–water partition coefficient (Wildman–Crippen LogP) is 2.92. The lowest BCUT2D eigenvalue weighted by molar-refractivity contribution is -0.384. The number of hydrogen-bond acceptors (Lipinski definition) is 4. The second-order valence-electron chi connectivity index (χ2n) is 4.23. The Bertz CT molecular complexity index is 477. The van der Waals surface area contributed by atoms with Crippen LogP contribution < -0.4 is 15.4 Å². The number of amides is 2. The van der Waals surface area contributed by atoms with E-state index in [-0.39, 0.29) is 11.4 Å². The van der Waals surface area contributed by atoms with Crippen molar-refractivity contribution in [3.05, 3.63) is 28.3 Å². The number of nitro benzene ring substituents is 1. The minimum atomic E-state index is -0.524. The maximum Gasteiger partial charge on any atom is 0.319 e. The second-order valence-corrected chi connectivity index (χ2v) is 4.23. The lowest BCUT2D eigenvalue weighted by Gasteiger charge is -2.10. The number of methoxy groups -OCH3 is 1. The molecule has 0 bridgehead atoms. The van der Waals surface area contributed by atoms with Gasteiger partial charge in [0.25, 0.3) is 5.69 Å². The van der Waals surface area contributed by atoms with Gasteiger partial charge in [0.1, 0.15) is 5.75 Å². The lowest BCUT2D eigenvalue weighted by Crippen LogP contribution is -2.29. The third-order valence-electron chi connectivity index (χ3n) is 2.71. The lowest BCUT2D eigenvalue weighted by atomic mass is 10.2. The van der Waals surface area contributed by atoms with E-state index in [4.69, 9.17) is 4.74 Å². The van der Waals surface area contributed by atoms with Gasteiger partial charge in [-0.1, -0.05) is 19.8 Å². The van der Waals surface area contributed by atoms with Crippen LogP contribution in [0.5, 0.6) is 5.75 Å². The summed E-state index contributed by atoms with van der Waals surface area (Å²) >= 11 is 0. The number of carbonyl (C=O) groups excluding carboxylic acids is 1. The van der Waals surface area contributed by atoms with E-state index in [1.807, 2.05) is 0 Å². The van der Waals surface area contributed by atoms with Crippen LogP contribution in [0.2, 0.25) is 0 Å². The topological polar surface area (TPSA) is 93.5 Å². The summed E-state index contributed by atoms with van der Waals surface area (Å²) in [6, 6.07) is 3.64. The Kier molecular flexibility index (Phi) is 6.28. The summed E-state index contributed by atoms with van der Waals surface area (Å²) in [6.45, 7) is 2.64. The molecule has 0 saturated heterocycles. The second kappa shape index (κ2) is 7.98. The van der Waals surface area contributed by atoms with Crippen molar-refractivity contribution in [2.75, 3.05) is 19.0 Å². The zero-order chi connectivity index (χ0) is 15.0. The van der Waals surface area contributed by atoms with Crippen molar-refractivity contribution in [2.24, 2.45) is 0 Å². The molecule has 0 aliphatic heterocycles. The van der Waals surface area contributed by atoms with E-state index in [0.29, 0.717) is 12.3 Å². The first kappa shape index (κ1) is 15.7. The van der Waals surface area contributed by atoms with Gasteiger partial charge in [-0.15, -0.1) is 0 Å². The molecule has 7 heteroatoms. The number of rotatable bonds is 7. The van der Waals surface area contributed by atoms with Gasteiger partial charge < -0.3 is 15.4 Å². The number of unbranched alkanes of at least 4 members (excludes halogenated alkanes) is 2. The number of carbonyl (C=O) groups is 1. The molecule has 2 N–H and O–H groups in total. The summed E-state index contributed by atoms with van der Waals surface area (Å²) in [5, 5.41) is 16.0. The minimum absolute atomic E-state index is 0.105. The highest BCUT2D eigenvalue weighted by Gasteiger charge is 2.13. The molecule has 0 aliphatic rings. The maximum atomic E-state index is 11.7. The quantitative estimate of drug-likeness (QED) is 0.456. The van der Waals surface area contributed by atoms with E-state index < -0.39 is 11.0 Å². The van der Waals surface area contributed by atoms with E-state index in [1.165, 1.54) is 25.3 Å². The van der Waals surface area contributed by atoms with Crippen LogP contribution in [0.1, 0.15) is 26.2 Å². The van der Waals surface area contributed by atoms with E-state index >= 15 is 0 Å². The van der Waals surface area contributed by atoms with Crippen molar-refractivity contribution in [3.63, 3.8) is 0 Å². The molecule has 0 unspecified atom stereocenters. The molecule has 0 aliphatic carbocycles. The van der Waals surface area contributed by atoms with Gasteiger partial charge in [-0.25, -0.2) is 4.79 Å². The van der Waals surface area contributed by atoms with Gasteiger partial charge in [0.15, 0.2) is 0 Å². The molecule has 0 heterocycles. The molecule has 0 spiro atoms. The third-order valence-corrected chi connectivity index (χ3v) is 2.71. The first-order valence-electron chi connectivity index (χ1n) is 6.45. The van der Waals surface area contributed by atoms with Gasteiger partial charge in [0.05, 0.1) is 17.7 Å². The normalized spacial score (nSPS) is 9.90. The zero-order valence-corrected chi connectivity index (χ0v) is 11.6. The van der Waals surface area contributed by atoms with Crippen molar-refractivity contribution in [3.8, 4) is 5.75 Å². The Labute approximate surface area is 117 Å². The Morgan fingerprint density at radius 2 is 2.15 bits per heavy atom. The molecule has 1 aromatic carbocycles. The van der Waals surface area contributed by atoms with Crippen molar-refractivity contribution >= 4 is 17.4 Å². The number of nitrogens with zero attached hydrogens (tertiary/aromatic N) is 1. The van der Waals surface area contributed by atoms with Gasteiger partial charge >= 0.3 is 6.03 Å². The van der Waals surface area contributed by atoms with E-state index in [9.17, 15) is 14.9 Å². The van der Waals surface area contributed by atoms with Crippen molar-refractivity contribution in [1.29, 1.82) is 0 Å². The van der Waals surface area contributed by atoms with E-state index in [2.05, 4.69) is 17.6 Å². The number of benzene rings is 1.